The summed E-state index contributed by atoms with van der Waals surface area (Å²) in [5.74, 6) is 0.256. The van der Waals surface area contributed by atoms with Gasteiger partial charge in [-0.2, -0.15) is 0 Å². The molecular weight excluding hydrogens is 352 g/mol. The fraction of sp³-hybridized carbons (Fsp3) is 0.211. The summed E-state index contributed by atoms with van der Waals surface area (Å²) in [5, 5.41) is 0.854. The van der Waals surface area contributed by atoms with Crippen LogP contribution >= 0.6 is 0 Å². The Balaban J connectivity index is 1.94. The minimum atomic E-state index is -3.83. The lowest BCUT2D eigenvalue weighted by Gasteiger charge is -2.12. The lowest BCUT2D eigenvalue weighted by atomic mass is 10.1. The van der Waals surface area contributed by atoms with Crippen LogP contribution in [0.1, 0.15) is 16.7 Å². The number of benzene rings is 2. The van der Waals surface area contributed by atoms with Crippen LogP contribution in [-0.4, -0.2) is 20.5 Å². The molecule has 0 aliphatic heterocycles. The highest BCUT2D eigenvalue weighted by Crippen LogP contribution is 2.24. The van der Waals surface area contributed by atoms with Crippen LogP contribution in [0.5, 0.6) is 5.75 Å². The summed E-state index contributed by atoms with van der Waals surface area (Å²) in [4.78, 5) is 15.2. The summed E-state index contributed by atoms with van der Waals surface area (Å²) in [7, 11) is -2.41. The van der Waals surface area contributed by atoms with Crippen molar-refractivity contribution in [1.29, 1.82) is 0 Å². The number of aromatic amines is 1. The van der Waals surface area contributed by atoms with Crippen molar-refractivity contribution < 1.29 is 13.2 Å². The molecule has 0 unspecified atom stereocenters. The number of aryl methyl sites for hydroxylation is 2. The van der Waals surface area contributed by atoms with E-state index in [2.05, 4.69) is 9.71 Å². The van der Waals surface area contributed by atoms with Gasteiger partial charge in [0.05, 0.1) is 12.6 Å². The Morgan fingerprint density at radius 3 is 2.62 bits per heavy atom. The number of sulfonamides is 1. The van der Waals surface area contributed by atoms with E-state index in [1.54, 1.807) is 25.1 Å². The molecule has 0 bridgehead atoms. The van der Waals surface area contributed by atoms with Crippen molar-refractivity contribution in [2.45, 2.75) is 25.3 Å². The number of rotatable bonds is 5. The van der Waals surface area contributed by atoms with Crippen molar-refractivity contribution in [3.63, 3.8) is 0 Å². The summed E-state index contributed by atoms with van der Waals surface area (Å²) < 4.78 is 33.0. The molecule has 0 aliphatic rings. The molecule has 26 heavy (non-hydrogen) atoms. The molecule has 1 heterocycles. The van der Waals surface area contributed by atoms with E-state index in [4.69, 9.17) is 4.74 Å². The van der Waals surface area contributed by atoms with Crippen LogP contribution in [0.3, 0.4) is 0 Å². The second-order valence-electron chi connectivity index (χ2n) is 6.14. The number of hydrogen-bond acceptors (Lipinski definition) is 4. The molecule has 0 fully saturated rings. The van der Waals surface area contributed by atoms with Crippen LogP contribution < -0.4 is 15.0 Å². The third kappa shape index (κ3) is 3.49. The monoisotopic (exact) mass is 372 g/mol. The van der Waals surface area contributed by atoms with Crippen LogP contribution in [0.2, 0.25) is 0 Å². The average molecular weight is 372 g/mol. The number of nitrogens with one attached hydrogen (secondary N) is 2. The minimum absolute atomic E-state index is 0.0491. The van der Waals surface area contributed by atoms with E-state index < -0.39 is 10.0 Å². The van der Waals surface area contributed by atoms with Crippen LogP contribution in [0, 0.1) is 13.8 Å². The molecular formula is C19H20N2O4S. The Morgan fingerprint density at radius 2 is 1.88 bits per heavy atom. The second-order valence-corrected chi connectivity index (χ2v) is 7.88. The third-order valence-corrected chi connectivity index (χ3v) is 5.65. The molecule has 0 saturated heterocycles. The number of aromatic nitrogens is 1. The van der Waals surface area contributed by atoms with E-state index >= 15 is 0 Å². The van der Waals surface area contributed by atoms with Gasteiger partial charge in [-0.25, -0.2) is 13.1 Å². The number of ether oxygens (including phenoxy) is 1. The number of methoxy groups -OCH3 is 1. The number of hydrogen-bond donors (Lipinski definition) is 2. The normalized spacial score (nSPS) is 11.7. The molecule has 0 atom stereocenters. The van der Waals surface area contributed by atoms with Crippen LogP contribution in [-0.2, 0) is 16.6 Å². The molecule has 0 aliphatic carbocycles. The van der Waals surface area contributed by atoms with Crippen molar-refractivity contribution in [3.8, 4) is 5.75 Å². The van der Waals surface area contributed by atoms with E-state index in [0.717, 1.165) is 22.0 Å². The maximum Gasteiger partial charge on any atom is 0.252 e. The first-order valence-electron chi connectivity index (χ1n) is 8.07. The zero-order valence-electron chi connectivity index (χ0n) is 14.8. The Kier molecular flexibility index (Phi) is 4.84. The predicted molar refractivity (Wildman–Crippen MR) is 101 cm³/mol. The maximum atomic E-state index is 12.7. The van der Waals surface area contributed by atoms with Crippen molar-refractivity contribution in [2.24, 2.45) is 0 Å². The van der Waals surface area contributed by atoms with Gasteiger partial charge in [0.2, 0.25) is 10.0 Å². The topological polar surface area (TPSA) is 88.3 Å². The fourth-order valence-corrected chi connectivity index (χ4v) is 4.06. The van der Waals surface area contributed by atoms with Gasteiger partial charge >= 0.3 is 0 Å². The highest BCUT2D eigenvalue weighted by atomic mass is 32.2. The summed E-state index contributed by atoms with van der Waals surface area (Å²) in [6.45, 7) is 3.60. The van der Waals surface area contributed by atoms with E-state index in [9.17, 15) is 13.2 Å². The average Bonchev–Trinajstić information content (AvgIpc) is 2.61. The molecule has 0 radical (unpaired) electrons. The van der Waals surface area contributed by atoms with Crippen molar-refractivity contribution >= 4 is 20.9 Å². The highest BCUT2D eigenvalue weighted by Gasteiger charge is 2.20. The van der Waals surface area contributed by atoms with E-state index in [1.807, 2.05) is 25.1 Å². The molecule has 2 N–H and O–H groups in total. The van der Waals surface area contributed by atoms with Gasteiger partial charge < -0.3 is 9.72 Å². The Morgan fingerprint density at radius 1 is 1.12 bits per heavy atom. The number of H-pyrrole nitrogens is 1. The van der Waals surface area contributed by atoms with Crippen LogP contribution in [0.25, 0.3) is 10.9 Å². The quantitative estimate of drug-likeness (QED) is 0.721. The van der Waals surface area contributed by atoms with Gasteiger partial charge in [0.25, 0.3) is 5.56 Å². The van der Waals surface area contributed by atoms with E-state index in [1.165, 1.54) is 13.2 Å². The second kappa shape index (κ2) is 6.93. The first-order chi connectivity index (χ1) is 12.3. The zero-order valence-corrected chi connectivity index (χ0v) is 15.6. The predicted octanol–water partition coefficient (Wildman–Crippen LogP) is 2.63. The van der Waals surface area contributed by atoms with Crippen LogP contribution in [0.4, 0.5) is 0 Å². The number of fused-ring (bicyclic) bond motifs is 1. The Bertz CT molecular complexity index is 1130. The molecule has 0 spiro atoms. The molecule has 136 valence electrons. The summed E-state index contributed by atoms with van der Waals surface area (Å²) in [5.41, 5.74) is 2.54. The minimum Gasteiger partial charge on any atom is -0.495 e. The summed E-state index contributed by atoms with van der Waals surface area (Å²) >= 11 is 0. The first kappa shape index (κ1) is 18.2. The molecule has 7 heteroatoms. The standard InChI is InChI=1S/C19H20N2O4S/c1-12-7-8-16(25-3)17(9-12)26(23,24)20-11-15-10-14-6-4-5-13(2)18(14)21-19(15)22/h4-10,20H,11H2,1-3H3,(H,21,22). The van der Waals surface area contributed by atoms with Gasteiger partial charge in [-0.1, -0.05) is 24.3 Å². The van der Waals surface area contributed by atoms with Crippen molar-refractivity contribution in [3.05, 3.63) is 69.5 Å². The number of pyridine rings is 1. The lowest BCUT2D eigenvalue weighted by molar-refractivity contribution is 0.402. The van der Waals surface area contributed by atoms with Gasteiger partial charge in [-0.05, 0) is 48.6 Å². The van der Waals surface area contributed by atoms with Gasteiger partial charge in [0.1, 0.15) is 10.6 Å². The molecule has 0 amide bonds. The third-order valence-electron chi connectivity index (χ3n) is 4.23. The largest absolute Gasteiger partial charge is 0.495 e. The van der Waals surface area contributed by atoms with Crippen LogP contribution in [0.15, 0.2) is 52.2 Å². The van der Waals surface area contributed by atoms with E-state index in [-0.39, 0.29) is 22.7 Å². The smallest absolute Gasteiger partial charge is 0.252 e. The molecule has 2 aromatic carbocycles. The lowest BCUT2D eigenvalue weighted by Crippen LogP contribution is -2.27. The first-order valence-corrected chi connectivity index (χ1v) is 9.56. The number of para-hydroxylation sites is 1. The zero-order chi connectivity index (χ0) is 18.9. The SMILES string of the molecule is COc1ccc(C)cc1S(=O)(=O)NCc1cc2cccc(C)c2[nH]c1=O. The summed E-state index contributed by atoms with van der Waals surface area (Å²) in [6.07, 6.45) is 0. The fourth-order valence-electron chi connectivity index (χ4n) is 2.80. The highest BCUT2D eigenvalue weighted by molar-refractivity contribution is 7.89. The van der Waals surface area contributed by atoms with Gasteiger partial charge in [0, 0.05) is 12.1 Å². The molecule has 0 saturated carbocycles. The Labute approximate surface area is 151 Å². The van der Waals surface area contributed by atoms with E-state index in [0.29, 0.717) is 5.56 Å². The van der Waals surface area contributed by atoms with Gasteiger partial charge in [-0.15, -0.1) is 0 Å². The maximum absolute atomic E-state index is 12.7. The van der Waals surface area contributed by atoms with Gasteiger partial charge in [-0.3, -0.25) is 4.79 Å². The molecule has 1 aromatic heterocycles. The molecule has 3 aromatic rings. The van der Waals surface area contributed by atoms with Gasteiger partial charge in [0.15, 0.2) is 0 Å². The van der Waals surface area contributed by atoms with Crippen molar-refractivity contribution in [2.75, 3.05) is 7.11 Å². The Hall–Kier alpha value is -2.64. The summed E-state index contributed by atoms with van der Waals surface area (Å²) in [6, 6.07) is 12.3. The molecule has 3 rings (SSSR count). The molecule has 6 nitrogen and oxygen atoms in total. The van der Waals surface area contributed by atoms with Crippen molar-refractivity contribution in [1.82, 2.24) is 9.71 Å².